The van der Waals surface area contributed by atoms with E-state index in [1.165, 1.54) is 6.07 Å². The molecule has 1 aromatic carbocycles. The van der Waals surface area contributed by atoms with Gasteiger partial charge in [-0.1, -0.05) is 24.9 Å². The van der Waals surface area contributed by atoms with Crippen molar-refractivity contribution in [1.82, 2.24) is 4.90 Å². The molecule has 1 aliphatic carbocycles. The molecule has 0 unspecified atom stereocenters. The first-order chi connectivity index (χ1) is 11.2. The van der Waals surface area contributed by atoms with Crippen molar-refractivity contribution in [2.24, 2.45) is 5.92 Å². The quantitative estimate of drug-likeness (QED) is 0.685. The van der Waals surface area contributed by atoms with Crippen LogP contribution in [-0.2, 0) is 21.5 Å². The van der Waals surface area contributed by atoms with Gasteiger partial charge in [-0.3, -0.25) is 4.79 Å². The van der Waals surface area contributed by atoms with E-state index in [4.69, 9.17) is 15.8 Å². The van der Waals surface area contributed by atoms with E-state index < -0.39 is 10.1 Å². The van der Waals surface area contributed by atoms with Gasteiger partial charge in [-0.2, -0.15) is 8.42 Å². The molecule has 0 N–H and O–H groups in total. The Morgan fingerprint density at radius 2 is 2.08 bits per heavy atom. The highest BCUT2D eigenvalue weighted by Gasteiger charge is 2.32. The van der Waals surface area contributed by atoms with Crippen LogP contribution in [0.3, 0.4) is 0 Å². The Kier molecular flexibility index (Phi) is 6.15. The third-order valence-electron chi connectivity index (χ3n) is 4.46. The smallest absolute Gasteiger partial charge is 0.306 e. The number of rotatable bonds is 7. The Bertz CT molecular complexity index is 701. The first-order valence-electron chi connectivity index (χ1n) is 8.19. The molecule has 0 saturated heterocycles. The van der Waals surface area contributed by atoms with Gasteiger partial charge < -0.3 is 9.08 Å². The van der Waals surface area contributed by atoms with Gasteiger partial charge in [0.25, 0.3) is 0 Å². The monoisotopic (exact) mass is 373 g/mol. The lowest BCUT2D eigenvalue weighted by Crippen LogP contribution is -2.43. The summed E-state index contributed by atoms with van der Waals surface area (Å²) in [4.78, 5) is 14.6. The summed E-state index contributed by atoms with van der Waals surface area (Å²) in [5.41, 5.74) is 0.598. The van der Waals surface area contributed by atoms with Gasteiger partial charge in [0.2, 0.25) is 5.91 Å². The van der Waals surface area contributed by atoms with Crippen LogP contribution >= 0.6 is 11.6 Å². The SMILES string of the molecule is CC[C@H](C)N(Cc1cc(Cl)ccc1OS(C)(=O)=O)C(=O)C1CCC1. The fourth-order valence-corrected chi connectivity index (χ4v) is 3.34. The zero-order valence-electron chi connectivity index (χ0n) is 14.3. The molecule has 1 fully saturated rings. The summed E-state index contributed by atoms with van der Waals surface area (Å²) < 4.78 is 28.0. The van der Waals surface area contributed by atoms with Crippen LogP contribution in [0.5, 0.6) is 5.75 Å². The fourth-order valence-electron chi connectivity index (χ4n) is 2.66. The molecule has 1 atom stereocenters. The van der Waals surface area contributed by atoms with E-state index in [-0.39, 0.29) is 30.2 Å². The first-order valence-corrected chi connectivity index (χ1v) is 10.4. The highest BCUT2D eigenvalue weighted by atomic mass is 35.5. The Morgan fingerprint density at radius 1 is 1.42 bits per heavy atom. The summed E-state index contributed by atoms with van der Waals surface area (Å²) in [5, 5.41) is 0.478. The molecule has 1 aliphatic rings. The van der Waals surface area contributed by atoms with Crippen LogP contribution in [0.1, 0.15) is 45.1 Å². The van der Waals surface area contributed by atoms with Gasteiger partial charge in [0, 0.05) is 29.1 Å². The molecule has 0 aliphatic heterocycles. The van der Waals surface area contributed by atoms with E-state index in [2.05, 4.69) is 0 Å². The van der Waals surface area contributed by atoms with E-state index in [9.17, 15) is 13.2 Å². The zero-order chi connectivity index (χ0) is 17.9. The van der Waals surface area contributed by atoms with Gasteiger partial charge >= 0.3 is 10.1 Å². The Morgan fingerprint density at radius 3 is 2.58 bits per heavy atom. The molecule has 5 nitrogen and oxygen atoms in total. The van der Waals surface area contributed by atoms with Gasteiger partial charge in [0.15, 0.2) is 0 Å². The number of hydrogen-bond acceptors (Lipinski definition) is 4. The summed E-state index contributed by atoms with van der Waals surface area (Å²) in [5.74, 6) is 0.426. The van der Waals surface area contributed by atoms with Gasteiger partial charge in [0.05, 0.1) is 6.26 Å². The molecule has 134 valence electrons. The van der Waals surface area contributed by atoms with Gasteiger partial charge in [-0.15, -0.1) is 0 Å². The normalized spacial score (nSPS) is 16.3. The van der Waals surface area contributed by atoms with Crippen LogP contribution in [0, 0.1) is 5.92 Å². The number of carbonyl (C=O) groups is 1. The van der Waals surface area contributed by atoms with Gasteiger partial charge in [-0.05, 0) is 44.4 Å². The van der Waals surface area contributed by atoms with Crippen molar-refractivity contribution in [1.29, 1.82) is 0 Å². The molecule has 1 amide bonds. The molecular weight excluding hydrogens is 350 g/mol. The summed E-state index contributed by atoms with van der Waals surface area (Å²) in [6.45, 7) is 4.31. The molecule has 2 rings (SSSR count). The van der Waals surface area contributed by atoms with Crippen molar-refractivity contribution in [3.63, 3.8) is 0 Å². The summed E-state index contributed by atoms with van der Waals surface area (Å²) >= 11 is 6.06. The van der Waals surface area contributed by atoms with Gasteiger partial charge in [0.1, 0.15) is 5.75 Å². The topological polar surface area (TPSA) is 63.7 Å². The van der Waals surface area contributed by atoms with Crippen molar-refractivity contribution in [2.75, 3.05) is 6.26 Å². The summed E-state index contributed by atoms with van der Waals surface area (Å²) in [6.07, 6.45) is 4.75. The van der Waals surface area contributed by atoms with Crippen molar-refractivity contribution < 1.29 is 17.4 Å². The molecule has 24 heavy (non-hydrogen) atoms. The molecule has 1 aromatic rings. The maximum atomic E-state index is 12.7. The Balaban J connectivity index is 2.30. The molecule has 1 saturated carbocycles. The van der Waals surface area contributed by atoms with E-state index in [1.807, 2.05) is 18.7 Å². The van der Waals surface area contributed by atoms with E-state index >= 15 is 0 Å². The predicted octanol–water partition coefficient (Wildman–Crippen LogP) is 3.61. The number of carbonyl (C=O) groups excluding carboxylic acids is 1. The summed E-state index contributed by atoms with van der Waals surface area (Å²) in [7, 11) is -3.65. The number of nitrogens with zero attached hydrogens (tertiary/aromatic N) is 1. The van der Waals surface area contributed by atoms with E-state index in [0.717, 1.165) is 31.9 Å². The average molecular weight is 374 g/mol. The van der Waals surface area contributed by atoms with E-state index in [0.29, 0.717) is 10.6 Å². The minimum absolute atomic E-state index is 0.0585. The van der Waals surface area contributed by atoms with Crippen molar-refractivity contribution in [3.05, 3.63) is 28.8 Å². The molecule has 0 spiro atoms. The third kappa shape index (κ3) is 4.86. The largest absolute Gasteiger partial charge is 0.382 e. The van der Waals surface area contributed by atoms with Crippen LogP contribution in [0.25, 0.3) is 0 Å². The Hall–Kier alpha value is -1.27. The maximum absolute atomic E-state index is 12.7. The minimum Gasteiger partial charge on any atom is -0.382 e. The summed E-state index contributed by atoms with van der Waals surface area (Å²) in [6, 6.07) is 4.82. The Labute approximate surface area is 149 Å². The number of hydrogen-bond donors (Lipinski definition) is 0. The van der Waals surface area contributed by atoms with Crippen molar-refractivity contribution in [3.8, 4) is 5.75 Å². The zero-order valence-corrected chi connectivity index (χ0v) is 15.9. The molecule has 0 radical (unpaired) electrons. The van der Waals surface area contributed by atoms with Crippen LogP contribution in [0.4, 0.5) is 0 Å². The van der Waals surface area contributed by atoms with Crippen LogP contribution < -0.4 is 4.18 Å². The number of halogens is 1. The van der Waals surface area contributed by atoms with Gasteiger partial charge in [-0.25, -0.2) is 0 Å². The first kappa shape index (κ1) is 19.1. The second kappa shape index (κ2) is 7.74. The predicted molar refractivity (Wildman–Crippen MR) is 94.6 cm³/mol. The second-order valence-electron chi connectivity index (χ2n) is 6.39. The number of amides is 1. The van der Waals surface area contributed by atoms with Crippen molar-refractivity contribution in [2.45, 2.75) is 52.1 Å². The lowest BCUT2D eigenvalue weighted by atomic mass is 9.84. The molecule has 0 heterocycles. The highest BCUT2D eigenvalue weighted by molar-refractivity contribution is 7.86. The van der Waals surface area contributed by atoms with Crippen LogP contribution in [-0.4, -0.2) is 31.5 Å². The lowest BCUT2D eigenvalue weighted by molar-refractivity contribution is -0.141. The van der Waals surface area contributed by atoms with Crippen LogP contribution in [0.15, 0.2) is 18.2 Å². The standard InChI is InChI=1S/C17H24ClNO4S/c1-4-12(2)19(17(20)13-6-5-7-13)11-14-10-15(18)8-9-16(14)23-24(3,21)22/h8-10,12-13H,4-7,11H2,1-3H3/t12-/m0/s1. The molecule has 7 heteroatoms. The van der Waals surface area contributed by atoms with Crippen LogP contribution in [0.2, 0.25) is 5.02 Å². The van der Waals surface area contributed by atoms with Crippen molar-refractivity contribution >= 4 is 27.6 Å². The molecular formula is C17H24ClNO4S. The second-order valence-corrected chi connectivity index (χ2v) is 8.40. The fraction of sp³-hybridized carbons (Fsp3) is 0.588. The maximum Gasteiger partial charge on any atom is 0.306 e. The highest BCUT2D eigenvalue weighted by Crippen LogP contribution is 2.32. The van der Waals surface area contributed by atoms with E-state index in [1.54, 1.807) is 12.1 Å². The lowest BCUT2D eigenvalue weighted by Gasteiger charge is -2.35. The average Bonchev–Trinajstić information content (AvgIpc) is 2.43. The number of benzene rings is 1. The minimum atomic E-state index is -3.65. The molecule has 0 bridgehead atoms. The molecule has 0 aromatic heterocycles. The third-order valence-corrected chi connectivity index (χ3v) is 5.18.